The highest BCUT2D eigenvalue weighted by Crippen LogP contribution is 2.37. The van der Waals surface area contributed by atoms with Crippen molar-refractivity contribution in [2.75, 3.05) is 19.3 Å². The largest absolute Gasteiger partial charge is 0.431 e. The van der Waals surface area contributed by atoms with Crippen LogP contribution in [-0.4, -0.2) is 37.6 Å². The molecule has 1 aromatic heterocycles. The Morgan fingerprint density at radius 3 is 2.72 bits per heavy atom. The highest BCUT2D eigenvalue weighted by atomic mass is 32.2. The maximum Gasteiger partial charge on any atom is 0.279 e. The van der Waals surface area contributed by atoms with E-state index in [2.05, 4.69) is 10.3 Å². The summed E-state index contributed by atoms with van der Waals surface area (Å²) < 4.78 is 32.1. The lowest BCUT2D eigenvalue weighted by Crippen LogP contribution is -2.30. The topological polar surface area (TPSA) is 71.5 Å². The van der Waals surface area contributed by atoms with Crippen molar-refractivity contribution in [2.45, 2.75) is 11.8 Å². The second kappa shape index (κ2) is 7.03. The summed E-state index contributed by atoms with van der Waals surface area (Å²) in [7, 11) is -3.32. The van der Waals surface area contributed by atoms with Gasteiger partial charge < -0.3 is 15.0 Å². The third-order valence-electron chi connectivity index (χ3n) is 5.35. The Bertz CT molecular complexity index is 1150. The van der Waals surface area contributed by atoms with Gasteiger partial charge in [-0.05, 0) is 36.2 Å². The average molecular weight is 428 g/mol. The molecule has 0 spiro atoms. The minimum absolute atomic E-state index is 0.404. The van der Waals surface area contributed by atoms with E-state index >= 15 is 0 Å². The van der Waals surface area contributed by atoms with E-state index in [0.29, 0.717) is 16.9 Å². The van der Waals surface area contributed by atoms with E-state index in [1.807, 2.05) is 59.6 Å². The molecule has 29 heavy (non-hydrogen) atoms. The molecule has 2 aliphatic heterocycles. The van der Waals surface area contributed by atoms with Crippen LogP contribution in [0.5, 0.6) is 10.9 Å². The molecular weight excluding hydrogens is 406 g/mol. The highest BCUT2D eigenvalue weighted by Gasteiger charge is 2.36. The van der Waals surface area contributed by atoms with Gasteiger partial charge in [-0.1, -0.05) is 35.6 Å². The lowest BCUT2D eigenvalue weighted by atomic mass is 10.1. The first-order valence-electron chi connectivity index (χ1n) is 9.51. The lowest BCUT2D eigenvalue weighted by molar-refractivity contribution is 0.337. The van der Waals surface area contributed by atoms with E-state index in [-0.39, 0.29) is 0 Å². The predicted octanol–water partition coefficient (Wildman–Crippen LogP) is 3.90. The van der Waals surface area contributed by atoms with Crippen molar-refractivity contribution in [1.82, 2.24) is 15.2 Å². The summed E-state index contributed by atoms with van der Waals surface area (Å²) in [5.74, 6) is 1.04. The first-order valence-corrected chi connectivity index (χ1v) is 12.3. The highest BCUT2D eigenvalue weighted by molar-refractivity contribution is 7.90. The quantitative estimate of drug-likeness (QED) is 0.666. The van der Waals surface area contributed by atoms with Crippen LogP contribution in [0, 0.1) is 5.92 Å². The van der Waals surface area contributed by atoms with Crippen LogP contribution in [0.25, 0.3) is 10.2 Å². The van der Waals surface area contributed by atoms with Crippen molar-refractivity contribution in [3.8, 4) is 10.9 Å². The van der Waals surface area contributed by atoms with Crippen LogP contribution in [0.3, 0.4) is 0 Å². The van der Waals surface area contributed by atoms with Gasteiger partial charge in [-0.2, -0.15) is 0 Å². The SMILES string of the molecule is CS(=O)(=O)C(c1ccc(Oc2nc3ccccc3s2)cc1)N1C=C2NCCC2C1. The summed E-state index contributed by atoms with van der Waals surface area (Å²) in [5, 5.41) is 3.23. The van der Waals surface area contributed by atoms with E-state index in [4.69, 9.17) is 4.74 Å². The molecule has 0 bridgehead atoms. The molecule has 6 nitrogen and oxygen atoms in total. The molecule has 0 amide bonds. The molecule has 2 atom stereocenters. The number of fused-ring (bicyclic) bond motifs is 2. The van der Waals surface area contributed by atoms with E-state index in [9.17, 15) is 8.42 Å². The smallest absolute Gasteiger partial charge is 0.279 e. The molecule has 8 heteroatoms. The maximum atomic E-state index is 12.6. The fraction of sp³-hybridized carbons (Fsp3) is 0.286. The van der Waals surface area contributed by atoms with E-state index < -0.39 is 15.2 Å². The first kappa shape index (κ1) is 18.4. The fourth-order valence-corrected chi connectivity index (χ4v) is 6.19. The number of nitrogens with one attached hydrogen (secondary N) is 1. The Hall–Kier alpha value is -2.58. The van der Waals surface area contributed by atoms with Gasteiger partial charge in [0.1, 0.15) is 5.75 Å². The van der Waals surface area contributed by atoms with Crippen LogP contribution in [0.1, 0.15) is 17.4 Å². The predicted molar refractivity (Wildman–Crippen MR) is 115 cm³/mol. The Morgan fingerprint density at radius 2 is 2.00 bits per heavy atom. The number of nitrogens with zero attached hydrogens (tertiary/aromatic N) is 2. The summed E-state index contributed by atoms with van der Waals surface area (Å²) in [6.45, 7) is 1.69. The molecule has 3 heterocycles. The van der Waals surface area contributed by atoms with Crippen molar-refractivity contribution in [1.29, 1.82) is 0 Å². The van der Waals surface area contributed by atoms with Crippen LogP contribution >= 0.6 is 11.3 Å². The maximum absolute atomic E-state index is 12.6. The van der Waals surface area contributed by atoms with Crippen molar-refractivity contribution >= 4 is 31.4 Å². The summed E-state index contributed by atoms with van der Waals surface area (Å²) in [6, 6.07) is 15.2. The lowest BCUT2D eigenvalue weighted by Gasteiger charge is -2.27. The summed E-state index contributed by atoms with van der Waals surface area (Å²) in [5.41, 5.74) is 2.79. The summed E-state index contributed by atoms with van der Waals surface area (Å²) in [6.07, 6.45) is 4.31. The van der Waals surface area contributed by atoms with E-state index in [0.717, 1.165) is 41.0 Å². The van der Waals surface area contributed by atoms with Gasteiger partial charge in [0.05, 0.1) is 10.2 Å². The molecule has 2 unspecified atom stereocenters. The Kier molecular flexibility index (Phi) is 4.48. The van der Waals surface area contributed by atoms with Gasteiger partial charge in [-0.3, -0.25) is 0 Å². The summed E-state index contributed by atoms with van der Waals surface area (Å²) >= 11 is 1.48. The molecule has 1 saturated heterocycles. The van der Waals surface area contributed by atoms with Crippen molar-refractivity contribution in [3.05, 3.63) is 66.0 Å². The molecule has 150 valence electrons. The van der Waals surface area contributed by atoms with Crippen molar-refractivity contribution in [3.63, 3.8) is 0 Å². The molecule has 0 radical (unpaired) electrons. The third-order valence-corrected chi connectivity index (χ3v) is 7.62. The molecule has 1 fully saturated rings. The zero-order valence-corrected chi connectivity index (χ0v) is 17.5. The van der Waals surface area contributed by atoms with Gasteiger partial charge >= 0.3 is 0 Å². The number of thiazole rings is 1. The monoisotopic (exact) mass is 427 g/mol. The molecule has 3 aromatic rings. The first-order chi connectivity index (χ1) is 14.0. The van der Waals surface area contributed by atoms with Gasteiger partial charge in [0.2, 0.25) is 0 Å². The van der Waals surface area contributed by atoms with Gasteiger partial charge in [0, 0.05) is 37.2 Å². The van der Waals surface area contributed by atoms with E-state index in [1.165, 1.54) is 17.6 Å². The summed E-state index contributed by atoms with van der Waals surface area (Å²) in [4.78, 5) is 6.41. The van der Waals surface area contributed by atoms with Crippen LogP contribution in [0.2, 0.25) is 0 Å². The van der Waals surface area contributed by atoms with Crippen LogP contribution in [0.4, 0.5) is 0 Å². The number of hydrogen-bond acceptors (Lipinski definition) is 7. The molecule has 0 aliphatic carbocycles. The molecule has 1 N–H and O–H groups in total. The van der Waals surface area contributed by atoms with Gasteiger partial charge in [-0.25, -0.2) is 13.4 Å². The van der Waals surface area contributed by atoms with Crippen molar-refractivity contribution in [2.24, 2.45) is 5.92 Å². The number of hydrogen-bond donors (Lipinski definition) is 1. The minimum atomic E-state index is -3.32. The fourth-order valence-electron chi connectivity index (χ4n) is 4.06. The minimum Gasteiger partial charge on any atom is -0.431 e. The number of benzene rings is 2. The standard InChI is InChI=1S/C21H21N3O3S2/c1-29(25,26)20(24-12-15-10-11-22-18(15)13-24)14-6-8-16(9-7-14)27-21-23-17-4-2-3-5-19(17)28-21/h2-9,13,15,20,22H,10-12H2,1H3. The molecule has 2 aliphatic rings. The Labute approximate surface area is 173 Å². The molecule has 0 saturated carbocycles. The zero-order valence-electron chi connectivity index (χ0n) is 15.9. The normalized spacial score (nSPS) is 19.7. The number of aromatic nitrogens is 1. The Balaban J connectivity index is 1.39. The number of sulfone groups is 1. The number of para-hydroxylation sites is 1. The van der Waals surface area contributed by atoms with Gasteiger partial charge in [-0.15, -0.1) is 0 Å². The molecule has 2 aromatic carbocycles. The van der Waals surface area contributed by atoms with Crippen molar-refractivity contribution < 1.29 is 13.2 Å². The zero-order chi connectivity index (χ0) is 20.0. The Morgan fingerprint density at radius 1 is 1.21 bits per heavy atom. The molecular formula is C21H21N3O3S2. The number of rotatable bonds is 5. The van der Waals surface area contributed by atoms with Gasteiger partial charge in [0.15, 0.2) is 15.2 Å². The van der Waals surface area contributed by atoms with Gasteiger partial charge in [0.25, 0.3) is 5.19 Å². The average Bonchev–Trinajstić information content (AvgIpc) is 3.36. The second-order valence-corrected chi connectivity index (χ2v) is 10.6. The van der Waals surface area contributed by atoms with E-state index in [1.54, 1.807) is 0 Å². The number of ether oxygens (including phenoxy) is 1. The van der Waals surface area contributed by atoms with Crippen LogP contribution in [-0.2, 0) is 9.84 Å². The van der Waals surface area contributed by atoms with Crippen LogP contribution in [0.15, 0.2) is 60.4 Å². The molecule has 5 rings (SSSR count). The third kappa shape index (κ3) is 3.58. The second-order valence-electron chi connectivity index (χ2n) is 7.49. The van der Waals surface area contributed by atoms with Crippen LogP contribution < -0.4 is 10.1 Å².